The molecule has 0 radical (unpaired) electrons. The van der Waals surface area contributed by atoms with E-state index in [2.05, 4.69) is 28.7 Å². The molecule has 0 spiro atoms. The van der Waals surface area contributed by atoms with Crippen molar-refractivity contribution < 1.29 is 14.3 Å². The lowest BCUT2D eigenvalue weighted by molar-refractivity contribution is -0.131. The Kier molecular flexibility index (Phi) is 5.50. The maximum absolute atomic E-state index is 12.1. The molecule has 0 aromatic carbocycles. The van der Waals surface area contributed by atoms with E-state index in [1.165, 1.54) is 6.33 Å². The Morgan fingerprint density at radius 2 is 2.12 bits per heavy atom. The standard InChI is InChI=1S/C17H26N4O3/c1-13(2)9-17(22)21-4-3-14(11-21)24-16-10-15(18-12-19-16)20-5-7-23-8-6-20/h10,12-14H,3-9,11H2,1-2H3. The number of nitrogens with zero attached hydrogens (tertiary/aromatic N) is 4. The molecule has 7 heteroatoms. The van der Waals surface area contributed by atoms with Crippen LogP contribution >= 0.6 is 0 Å². The van der Waals surface area contributed by atoms with Gasteiger partial charge in [-0.25, -0.2) is 9.97 Å². The smallest absolute Gasteiger partial charge is 0.222 e. The minimum Gasteiger partial charge on any atom is -0.472 e. The molecule has 7 nitrogen and oxygen atoms in total. The third-order valence-corrected chi connectivity index (χ3v) is 4.33. The Bertz CT molecular complexity index is 561. The second kappa shape index (κ2) is 7.79. The molecule has 1 unspecified atom stereocenters. The molecule has 1 aromatic heterocycles. The van der Waals surface area contributed by atoms with Gasteiger partial charge in [-0.15, -0.1) is 0 Å². The summed E-state index contributed by atoms with van der Waals surface area (Å²) in [5.74, 6) is 2.05. The third-order valence-electron chi connectivity index (χ3n) is 4.33. The van der Waals surface area contributed by atoms with Crippen molar-refractivity contribution in [1.29, 1.82) is 0 Å². The number of morpholine rings is 1. The predicted octanol–water partition coefficient (Wildman–Crippen LogP) is 1.34. The van der Waals surface area contributed by atoms with Crippen LogP contribution in [0.15, 0.2) is 12.4 Å². The molecule has 1 aromatic rings. The van der Waals surface area contributed by atoms with Gasteiger partial charge in [-0.1, -0.05) is 13.8 Å². The van der Waals surface area contributed by atoms with Crippen molar-refractivity contribution in [2.24, 2.45) is 5.92 Å². The Labute approximate surface area is 143 Å². The molecule has 0 saturated carbocycles. The van der Waals surface area contributed by atoms with Crippen molar-refractivity contribution in [3.8, 4) is 5.88 Å². The first kappa shape index (κ1) is 17.0. The number of rotatable bonds is 5. The molecule has 3 heterocycles. The number of hydrogen-bond donors (Lipinski definition) is 0. The summed E-state index contributed by atoms with van der Waals surface area (Å²) in [6.45, 7) is 8.63. The summed E-state index contributed by atoms with van der Waals surface area (Å²) >= 11 is 0. The normalized spacial score (nSPS) is 21.4. The van der Waals surface area contributed by atoms with Gasteiger partial charge in [-0.3, -0.25) is 4.79 Å². The van der Waals surface area contributed by atoms with Gasteiger partial charge in [0.1, 0.15) is 18.2 Å². The molecule has 0 aliphatic carbocycles. The van der Waals surface area contributed by atoms with Crippen LogP contribution in [0.2, 0.25) is 0 Å². The lowest BCUT2D eigenvalue weighted by Crippen LogP contribution is -2.36. The highest BCUT2D eigenvalue weighted by atomic mass is 16.5. The Hall–Kier alpha value is -1.89. The zero-order valence-electron chi connectivity index (χ0n) is 14.5. The van der Waals surface area contributed by atoms with Crippen LogP contribution < -0.4 is 9.64 Å². The first-order chi connectivity index (χ1) is 11.6. The number of likely N-dealkylation sites (tertiary alicyclic amines) is 1. The van der Waals surface area contributed by atoms with E-state index in [1.54, 1.807) is 0 Å². The highest BCUT2D eigenvalue weighted by Gasteiger charge is 2.28. The van der Waals surface area contributed by atoms with Crippen LogP contribution in [0, 0.1) is 5.92 Å². The molecular formula is C17H26N4O3. The van der Waals surface area contributed by atoms with Gasteiger partial charge in [-0.2, -0.15) is 0 Å². The van der Waals surface area contributed by atoms with Crippen molar-refractivity contribution in [3.63, 3.8) is 0 Å². The molecule has 1 amide bonds. The van der Waals surface area contributed by atoms with E-state index in [4.69, 9.17) is 9.47 Å². The van der Waals surface area contributed by atoms with E-state index < -0.39 is 0 Å². The van der Waals surface area contributed by atoms with E-state index in [9.17, 15) is 4.79 Å². The lowest BCUT2D eigenvalue weighted by atomic mass is 10.1. The molecule has 132 valence electrons. The number of amides is 1. The fraction of sp³-hybridized carbons (Fsp3) is 0.706. The van der Waals surface area contributed by atoms with Gasteiger partial charge in [-0.05, 0) is 5.92 Å². The van der Waals surface area contributed by atoms with Crippen molar-refractivity contribution in [1.82, 2.24) is 14.9 Å². The molecular weight excluding hydrogens is 308 g/mol. The lowest BCUT2D eigenvalue weighted by Gasteiger charge is -2.27. The zero-order valence-corrected chi connectivity index (χ0v) is 14.5. The Balaban J connectivity index is 1.56. The molecule has 3 rings (SSSR count). The van der Waals surface area contributed by atoms with Crippen molar-refractivity contribution >= 4 is 11.7 Å². The fourth-order valence-electron chi connectivity index (χ4n) is 3.06. The maximum Gasteiger partial charge on any atom is 0.222 e. The topological polar surface area (TPSA) is 67.8 Å². The van der Waals surface area contributed by atoms with Crippen LogP contribution in [0.1, 0.15) is 26.7 Å². The first-order valence-corrected chi connectivity index (χ1v) is 8.71. The van der Waals surface area contributed by atoms with Gasteiger partial charge in [0.05, 0.1) is 19.8 Å². The van der Waals surface area contributed by atoms with E-state index >= 15 is 0 Å². The molecule has 0 bridgehead atoms. The van der Waals surface area contributed by atoms with Crippen molar-refractivity contribution in [3.05, 3.63) is 12.4 Å². The van der Waals surface area contributed by atoms with Gasteiger partial charge < -0.3 is 19.3 Å². The van der Waals surface area contributed by atoms with Gasteiger partial charge in [0.2, 0.25) is 11.8 Å². The highest BCUT2D eigenvalue weighted by molar-refractivity contribution is 5.76. The number of aromatic nitrogens is 2. The summed E-state index contributed by atoms with van der Waals surface area (Å²) in [6.07, 6.45) is 2.99. The van der Waals surface area contributed by atoms with Crippen LogP contribution in [-0.4, -0.2) is 66.3 Å². The molecule has 2 aliphatic rings. The molecule has 0 N–H and O–H groups in total. The summed E-state index contributed by atoms with van der Waals surface area (Å²) < 4.78 is 11.4. The van der Waals surface area contributed by atoms with E-state index in [1.807, 2.05) is 11.0 Å². The first-order valence-electron chi connectivity index (χ1n) is 8.71. The molecule has 2 saturated heterocycles. The van der Waals surface area contributed by atoms with Crippen molar-refractivity contribution in [2.75, 3.05) is 44.3 Å². The number of carbonyl (C=O) groups excluding carboxylic acids is 1. The number of ether oxygens (including phenoxy) is 2. The largest absolute Gasteiger partial charge is 0.472 e. The summed E-state index contributed by atoms with van der Waals surface area (Å²) in [5, 5.41) is 0. The second-order valence-electron chi connectivity index (χ2n) is 6.78. The quantitative estimate of drug-likeness (QED) is 0.809. The summed E-state index contributed by atoms with van der Waals surface area (Å²) in [4.78, 5) is 24.8. The van der Waals surface area contributed by atoms with Gasteiger partial charge in [0.25, 0.3) is 0 Å². The van der Waals surface area contributed by atoms with Gasteiger partial charge in [0.15, 0.2) is 0 Å². The maximum atomic E-state index is 12.1. The van der Waals surface area contributed by atoms with Crippen LogP contribution in [0.4, 0.5) is 5.82 Å². The van der Waals surface area contributed by atoms with Crippen LogP contribution in [0.5, 0.6) is 5.88 Å². The number of hydrogen-bond acceptors (Lipinski definition) is 6. The highest BCUT2D eigenvalue weighted by Crippen LogP contribution is 2.21. The second-order valence-corrected chi connectivity index (χ2v) is 6.78. The third kappa shape index (κ3) is 4.35. The van der Waals surface area contributed by atoms with Crippen LogP contribution in [0.25, 0.3) is 0 Å². The molecule has 24 heavy (non-hydrogen) atoms. The molecule has 2 fully saturated rings. The molecule has 1 atom stereocenters. The Morgan fingerprint density at radius 1 is 1.33 bits per heavy atom. The van der Waals surface area contributed by atoms with Gasteiger partial charge in [0, 0.05) is 38.5 Å². The average Bonchev–Trinajstić information content (AvgIpc) is 3.04. The summed E-state index contributed by atoms with van der Waals surface area (Å²) in [5.41, 5.74) is 0. The minimum absolute atomic E-state index is 0.00792. The predicted molar refractivity (Wildman–Crippen MR) is 90.1 cm³/mol. The average molecular weight is 334 g/mol. The summed E-state index contributed by atoms with van der Waals surface area (Å²) in [7, 11) is 0. The molecule has 2 aliphatic heterocycles. The summed E-state index contributed by atoms with van der Waals surface area (Å²) in [6, 6.07) is 1.88. The Morgan fingerprint density at radius 3 is 2.88 bits per heavy atom. The van der Waals surface area contributed by atoms with Crippen LogP contribution in [0.3, 0.4) is 0 Å². The monoisotopic (exact) mass is 334 g/mol. The van der Waals surface area contributed by atoms with E-state index in [0.717, 1.165) is 45.1 Å². The number of carbonyl (C=O) groups is 1. The van der Waals surface area contributed by atoms with E-state index in [0.29, 0.717) is 24.8 Å². The zero-order chi connectivity index (χ0) is 16.9. The fourth-order valence-corrected chi connectivity index (χ4v) is 3.06. The van der Waals surface area contributed by atoms with Gasteiger partial charge >= 0.3 is 0 Å². The minimum atomic E-state index is 0.00792. The SMILES string of the molecule is CC(C)CC(=O)N1CCC(Oc2cc(N3CCOCC3)ncn2)C1. The number of anilines is 1. The van der Waals surface area contributed by atoms with Crippen molar-refractivity contribution in [2.45, 2.75) is 32.8 Å². The van der Waals surface area contributed by atoms with E-state index in [-0.39, 0.29) is 12.0 Å². The van der Waals surface area contributed by atoms with Crippen LogP contribution in [-0.2, 0) is 9.53 Å².